The number of nitrogens with one attached hydrogen (secondary N) is 1. The van der Waals surface area contributed by atoms with E-state index < -0.39 is 0 Å². The molecule has 3 N–H and O–H groups in total. The van der Waals surface area contributed by atoms with Crippen LogP contribution in [0.1, 0.15) is 0 Å². The normalized spacial score (nSPS) is 10.7. The minimum absolute atomic E-state index is 0.614. The third-order valence-electron chi connectivity index (χ3n) is 2.49. The molecule has 4 nitrogen and oxygen atoms in total. The van der Waals surface area contributed by atoms with E-state index in [-0.39, 0.29) is 0 Å². The number of H-pyrrole nitrogens is 1. The first-order valence-electron chi connectivity index (χ1n) is 5.26. The Morgan fingerprint density at radius 1 is 1.28 bits per heavy atom. The maximum absolute atomic E-state index is 5.96. The highest BCUT2D eigenvalue weighted by Crippen LogP contribution is 2.28. The lowest BCUT2D eigenvalue weighted by Gasteiger charge is -2.00. The van der Waals surface area contributed by atoms with Gasteiger partial charge in [0, 0.05) is 15.7 Å². The number of aromatic amines is 1. The number of anilines is 1. The van der Waals surface area contributed by atoms with Crippen molar-refractivity contribution < 1.29 is 0 Å². The van der Waals surface area contributed by atoms with Crippen LogP contribution in [0.5, 0.6) is 0 Å². The van der Waals surface area contributed by atoms with Gasteiger partial charge in [0.05, 0.1) is 4.88 Å². The molecule has 0 aliphatic rings. The number of thiophene rings is 1. The number of benzene rings is 1. The Hall–Kier alpha value is -1.66. The summed E-state index contributed by atoms with van der Waals surface area (Å²) in [6.45, 7) is 0. The van der Waals surface area contributed by atoms with E-state index in [0.29, 0.717) is 11.5 Å². The summed E-state index contributed by atoms with van der Waals surface area (Å²) < 4.78 is 0.942. The maximum Gasteiger partial charge on any atom is 0.183 e. The van der Waals surface area contributed by atoms with E-state index in [1.54, 1.807) is 11.3 Å². The van der Waals surface area contributed by atoms with Gasteiger partial charge in [-0.15, -0.1) is 11.3 Å². The zero-order chi connectivity index (χ0) is 12.5. The molecule has 0 spiro atoms. The summed E-state index contributed by atoms with van der Waals surface area (Å²) >= 11 is 5.00. The lowest BCUT2D eigenvalue weighted by atomic mass is 10.2. The first-order valence-corrected chi connectivity index (χ1v) is 6.93. The SMILES string of the molecule is Nc1cc(Br)ccc1-c1n[nH]c(-c2cccs2)n1. The smallest absolute Gasteiger partial charge is 0.183 e. The summed E-state index contributed by atoms with van der Waals surface area (Å²) in [5, 5.41) is 9.14. The maximum atomic E-state index is 5.96. The van der Waals surface area contributed by atoms with Crippen LogP contribution >= 0.6 is 27.3 Å². The molecule has 1 aromatic carbocycles. The van der Waals surface area contributed by atoms with E-state index in [2.05, 4.69) is 31.1 Å². The van der Waals surface area contributed by atoms with Gasteiger partial charge in [0.15, 0.2) is 11.6 Å². The Kier molecular flexibility index (Phi) is 2.89. The van der Waals surface area contributed by atoms with Crippen LogP contribution in [0.2, 0.25) is 0 Å². The quantitative estimate of drug-likeness (QED) is 0.709. The van der Waals surface area contributed by atoms with Crippen LogP contribution in [0, 0.1) is 0 Å². The van der Waals surface area contributed by atoms with Crippen molar-refractivity contribution in [1.29, 1.82) is 0 Å². The molecular weight excluding hydrogens is 312 g/mol. The van der Waals surface area contributed by atoms with E-state index in [1.807, 2.05) is 35.7 Å². The van der Waals surface area contributed by atoms with Gasteiger partial charge in [-0.2, -0.15) is 5.10 Å². The number of rotatable bonds is 2. The number of nitrogens with two attached hydrogens (primary N) is 1. The molecule has 0 amide bonds. The fraction of sp³-hybridized carbons (Fsp3) is 0. The second-order valence-corrected chi connectivity index (χ2v) is 5.58. The Morgan fingerprint density at radius 2 is 2.17 bits per heavy atom. The highest BCUT2D eigenvalue weighted by molar-refractivity contribution is 9.10. The molecule has 0 radical (unpaired) electrons. The average molecular weight is 321 g/mol. The van der Waals surface area contributed by atoms with Gasteiger partial charge in [-0.05, 0) is 29.6 Å². The Balaban J connectivity index is 2.03. The second kappa shape index (κ2) is 4.55. The van der Waals surface area contributed by atoms with Crippen LogP contribution in [-0.4, -0.2) is 15.2 Å². The van der Waals surface area contributed by atoms with Gasteiger partial charge in [-0.1, -0.05) is 22.0 Å². The summed E-state index contributed by atoms with van der Waals surface area (Å²) in [5.74, 6) is 1.38. The molecule has 0 fully saturated rings. The molecule has 0 unspecified atom stereocenters. The monoisotopic (exact) mass is 320 g/mol. The highest BCUT2D eigenvalue weighted by Gasteiger charge is 2.10. The van der Waals surface area contributed by atoms with Crippen LogP contribution in [0.15, 0.2) is 40.2 Å². The molecule has 0 saturated carbocycles. The summed E-state index contributed by atoms with van der Waals surface area (Å²) in [6, 6.07) is 9.65. The van der Waals surface area contributed by atoms with Crippen molar-refractivity contribution in [1.82, 2.24) is 15.2 Å². The number of halogens is 1. The molecule has 6 heteroatoms. The summed E-state index contributed by atoms with van der Waals surface area (Å²) in [6.07, 6.45) is 0. The van der Waals surface area contributed by atoms with Crippen molar-refractivity contribution in [3.63, 3.8) is 0 Å². The van der Waals surface area contributed by atoms with Crippen molar-refractivity contribution >= 4 is 33.0 Å². The molecule has 18 heavy (non-hydrogen) atoms. The number of hydrogen-bond donors (Lipinski definition) is 2. The zero-order valence-electron chi connectivity index (χ0n) is 9.22. The van der Waals surface area contributed by atoms with Gasteiger partial charge < -0.3 is 5.73 Å². The second-order valence-electron chi connectivity index (χ2n) is 3.72. The van der Waals surface area contributed by atoms with Gasteiger partial charge in [0.25, 0.3) is 0 Å². The zero-order valence-corrected chi connectivity index (χ0v) is 11.6. The molecule has 0 aliphatic heterocycles. The van der Waals surface area contributed by atoms with E-state index in [1.165, 1.54) is 0 Å². The third kappa shape index (κ3) is 2.04. The van der Waals surface area contributed by atoms with Crippen molar-refractivity contribution in [3.8, 4) is 22.1 Å². The topological polar surface area (TPSA) is 67.6 Å². The number of nitrogens with zero attached hydrogens (tertiary/aromatic N) is 2. The number of aromatic nitrogens is 3. The standard InChI is InChI=1S/C12H9BrN4S/c13-7-3-4-8(9(14)6-7)11-15-12(17-16-11)10-2-1-5-18-10/h1-6H,14H2,(H,15,16,17). The van der Waals surface area contributed by atoms with Gasteiger partial charge in [0.1, 0.15) is 0 Å². The first-order chi connectivity index (χ1) is 8.74. The van der Waals surface area contributed by atoms with Crippen LogP contribution < -0.4 is 5.73 Å². The number of hydrogen-bond acceptors (Lipinski definition) is 4. The predicted octanol–water partition coefficient (Wildman–Crippen LogP) is 3.54. The van der Waals surface area contributed by atoms with E-state index >= 15 is 0 Å². The Labute approximate surface area is 116 Å². The van der Waals surface area contributed by atoms with Crippen molar-refractivity contribution in [2.75, 3.05) is 5.73 Å². The minimum atomic E-state index is 0.614. The molecule has 3 rings (SSSR count). The van der Waals surface area contributed by atoms with Gasteiger partial charge in [0.2, 0.25) is 0 Å². The third-order valence-corrected chi connectivity index (χ3v) is 3.86. The average Bonchev–Trinajstić information content (AvgIpc) is 2.99. The van der Waals surface area contributed by atoms with Crippen molar-refractivity contribution in [2.45, 2.75) is 0 Å². The van der Waals surface area contributed by atoms with Crippen LogP contribution in [0.25, 0.3) is 22.1 Å². The Bertz CT molecular complexity index is 675. The van der Waals surface area contributed by atoms with Crippen LogP contribution in [0.4, 0.5) is 5.69 Å². The molecule has 90 valence electrons. The summed E-state index contributed by atoms with van der Waals surface area (Å²) in [4.78, 5) is 5.52. The van der Waals surface area contributed by atoms with E-state index in [0.717, 1.165) is 20.7 Å². The molecule has 2 aromatic heterocycles. The first kappa shape index (κ1) is 11.4. The molecule has 0 atom stereocenters. The fourth-order valence-electron chi connectivity index (χ4n) is 1.64. The minimum Gasteiger partial charge on any atom is -0.398 e. The molecule has 2 heterocycles. The van der Waals surface area contributed by atoms with Crippen LogP contribution in [0.3, 0.4) is 0 Å². The predicted molar refractivity (Wildman–Crippen MR) is 77.2 cm³/mol. The highest BCUT2D eigenvalue weighted by atomic mass is 79.9. The molecular formula is C12H9BrN4S. The van der Waals surface area contributed by atoms with Gasteiger partial charge in [-0.3, -0.25) is 5.10 Å². The lowest BCUT2D eigenvalue weighted by Crippen LogP contribution is -1.91. The molecule has 0 saturated heterocycles. The largest absolute Gasteiger partial charge is 0.398 e. The van der Waals surface area contributed by atoms with Crippen molar-refractivity contribution in [3.05, 3.63) is 40.2 Å². The van der Waals surface area contributed by atoms with Gasteiger partial charge in [-0.25, -0.2) is 4.98 Å². The number of nitrogen functional groups attached to an aromatic ring is 1. The molecule has 0 aliphatic carbocycles. The molecule has 0 bridgehead atoms. The molecule has 3 aromatic rings. The summed E-state index contributed by atoms with van der Waals surface area (Å²) in [7, 11) is 0. The van der Waals surface area contributed by atoms with E-state index in [9.17, 15) is 0 Å². The lowest BCUT2D eigenvalue weighted by molar-refractivity contribution is 1.10. The van der Waals surface area contributed by atoms with Crippen molar-refractivity contribution in [2.24, 2.45) is 0 Å². The summed E-state index contributed by atoms with van der Waals surface area (Å²) in [5.41, 5.74) is 7.44. The van der Waals surface area contributed by atoms with Gasteiger partial charge >= 0.3 is 0 Å². The van der Waals surface area contributed by atoms with E-state index in [4.69, 9.17) is 5.73 Å². The fourth-order valence-corrected chi connectivity index (χ4v) is 2.69. The van der Waals surface area contributed by atoms with Crippen LogP contribution in [-0.2, 0) is 0 Å². The Morgan fingerprint density at radius 3 is 2.89 bits per heavy atom.